The van der Waals surface area contributed by atoms with Crippen molar-refractivity contribution in [2.45, 2.75) is 46.0 Å². The third-order valence-electron chi connectivity index (χ3n) is 5.78. The number of hydrogen-bond acceptors (Lipinski definition) is 6. The summed E-state index contributed by atoms with van der Waals surface area (Å²) in [6.45, 7) is 6.01. The van der Waals surface area contributed by atoms with Crippen LogP contribution in [0.5, 0.6) is 0 Å². The van der Waals surface area contributed by atoms with E-state index in [0.29, 0.717) is 17.0 Å². The minimum atomic E-state index is -0.351. The molecule has 5 nitrogen and oxygen atoms in total. The molecule has 0 radical (unpaired) electrons. The first-order valence-corrected chi connectivity index (χ1v) is 12.5. The maximum atomic E-state index is 12.8. The van der Waals surface area contributed by atoms with Crippen molar-refractivity contribution in [3.63, 3.8) is 0 Å². The van der Waals surface area contributed by atoms with Crippen LogP contribution in [-0.2, 0) is 9.59 Å². The van der Waals surface area contributed by atoms with Gasteiger partial charge in [0, 0.05) is 28.3 Å². The molecule has 2 heterocycles. The number of nitrogens with zero attached hydrogens (tertiary/aromatic N) is 1. The molecule has 1 aromatic heterocycles. The Balaban J connectivity index is 1.58. The van der Waals surface area contributed by atoms with Gasteiger partial charge in [-0.25, -0.2) is 0 Å². The van der Waals surface area contributed by atoms with Crippen molar-refractivity contribution in [3.8, 4) is 6.07 Å². The first kappa shape index (κ1) is 22.4. The molecule has 1 unspecified atom stereocenters. The fourth-order valence-corrected chi connectivity index (χ4v) is 6.17. The molecule has 32 heavy (non-hydrogen) atoms. The van der Waals surface area contributed by atoms with Crippen molar-refractivity contribution in [2.75, 3.05) is 11.1 Å². The standard InChI is InChI=1S/C25H25N3O2S2/c1-14-10-15(2)24(16(3)11-14)28-21(30)13-32-25-17(12-26)22(20-8-5-9-31-20)23-18(27-25)6-4-7-19(23)29/h5,8-11,22,27H,4,6-7,13H2,1-3H3,(H,28,30). The minimum Gasteiger partial charge on any atom is -0.352 e. The third-order valence-corrected chi connectivity index (χ3v) is 7.73. The SMILES string of the molecule is Cc1cc(C)c(NC(=O)CSC2=C(C#N)C(c3cccs3)C3=C(CCCC3=O)N2)c(C)c1. The summed E-state index contributed by atoms with van der Waals surface area (Å²) >= 11 is 2.87. The van der Waals surface area contributed by atoms with Crippen LogP contribution in [0.25, 0.3) is 0 Å². The summed E-state index contributed by atoms with van der Waals surface area (Å²) in [6.07, 6.45) is 2.09. The average Bonchev–Trinajstić information content (AvgIpc) is 3.28. The molecule has 0 fully saturated rings. The van der Waals surface area contributed by atoms with Gasteiger partial charge in [0.15, 0.2) is 5.78 Å². The Labute approximate surface area is 196 Å². The van der Waals surface area contributed by atoms with Gasteiger partial charge in [-0.1, -0.05) is 35.5 Å². The Bertz CT molecular complexity index is 1160. The quantitative estimate of drug-likeness (QED) is 0.614. The lowest BCUT2D eigenvalue weighted by Crippen LogP contribution is -2.31. The summed E-state index contributed by atoms with van der Waals surface area (Å²) in [6, 6.07) is 10.3. The van der Waals surface area contributed by atoms with E-state index < -0.39 is 0 Å². The monoisotopic (exact) mass is 463 g/mol. The number of Topliss-reactive ketones (excluding diaryl/α,β-unsaturated/α-hetero) is 1. The Morgan fingerprint density at radius 3 is 2.69 bits per heavy atom. The number of ketones is 1. The number of nitrogens with one attached hydrogen (secondary N) is 2. The second kappa shape index (κ2) is 9.35. The molecule has 1 amide bonds. The highest BCUT2D eigenvalue weighted by atomic mass is 32.2. The maximum Gasteiger partial charge on any atom is 0.234 e. The van der Waals surface area contributed by atoms with Crippen molar-refractivity contribution in [3.05, 3.63) is 73.1 Å². The molecule has 2 N–H and O–H groups in total. The van der Waals surface area contributed by atoms with Crippen LogP contribution in [0.3, 0.4) is 0 Å². The molecule has 0 bridgehead atoms. The van der Waals surface area contributed by atoms with Crippen molar-refractivity contribution in [1.29, 1.82) is 5.26 Å². The molecule has 164 valence electrons. The normalized spacial score (nSPS) is 18.2. The van der Waals surface area contributed by atoms with E-state index in [1.807, 2.05) is 38.3 Å². The molecular weight excluding hydrogens is 438 g/mol. The van der Waals surface area contributed by atoms with Crippen LogP contribution in [-0.4, -0.2) is 17.4 Å². The highest BCUT2D eigenvalue weighted by molar-refractivity contribution is 8.03. The zero-order valence-electron chi connectivity index (χ0n) is 18.4. The number of hydrogen-bond donors (Lipinski definition) is 2. The first-order valence-electron chi connectivity index (χ1n) is 10.6. The van der Waals surface area contributed by atoms with Gasteiger partial charge in [-0.3, -0.25) is 9.59 Å². The molecule has 1 aliphatic heterocycles. The summed E-state index contributed by atoms with van der Waals surface area (Å²) in [5, 5.41) is 19.0. The number of thiophene rings is 1. The van der Waals surface area contributed by atoms with Gasteiger partial charge in [0.25, 0.3) is 0 Å². The fraction of sp³-hybridized carbons (Fsp3) is 0.320. The topological polar surface area (TPSA) is 82.0 Å². The number of carbonyl (C=O) groups is 2. The number of nitriles is 1. The van der Waals surface area contributed by atoms with E-state index >= 15 is 0 Å². The zero-order chi connectivity index (χ0) is 22.8. The van der Waals surface area contributed by atoms with E-state index in [1.165, 1.54) is 11.8 Å². The molecule has 4 rings (SSSR count). The number of anilines is 1. The summed E-state index contributed by atoms with van der Waals surface area (Å²) in [4.78, 5) is 26.5. The minimum absolute atomic E-state index is 0.108. The van der Waals surface area contributed by atoms with Crippen LogP contribution in [0.2, 0.25) is 0 Å². The van der Waals surface area contributed by atoms with Gasteiger partial charge in [0.1, 0.15) is 0 Å². The summed E-state index contributed by atoms with van der Waals surface area (Å²) in [5.41, 5.74) is 6.19. The fourth-order valence-electron chi connectivity index (χ4n) is 4.47. The van der Waals surface area contributed by atoms with E-state index in [0.717, 1.165) is 51.4 Å². The number of rotatable bonds is 5. The van der Waals surface area contributed by atoms with Gasteiger partial charge in [-0.15, -0.1) is 11.3 Å². The lowest BCUT2D eigenvalue weighted by atomic mass is 9.79. The van der Waals surface area contributed by atoms with Gasteiger partial charge >= 0.3 is 0 Å². The molecule has 1 aliphatic carbocycles. The number of amides is 1. The Morgan fingerprint density at radius 1 is 1.28 bits per heavy atom. The number of carbonyl (C=O) groups excluding carboxylic acids is 2. The van der Waals surface area contributed by atoms with E-state index in [4.69, 9.17) is 0 Å². The maximum absolute atomic E-state index is 12.8. The molecule has 2 aromatic rings. The van der Waals surface area contributed by atoms with Crippen molar-refractivity contribution < 1.29 is 9.59 Å². The van der Waals surface area contributed by atoms with Gasteiger partial charge < -0.3 is 10.6 Å². The molecule has 0 saturated heterocycles. The van der Waals surface area contributed by atoms with Crippen LogP contribution in [0.4, 0.5) is 5.69 Å². The number of aryl methyl sites for hydroxylation is 3. The molecule has 1 aromatic carbocycles. The van der Waals surface area contributed by atoms with Gasteiger partial charge in [0.05, 0.1) is 28.3 Å². The first-order chi connectivity index (χ1) is 15.4. The van der Waals surface area contributed by atoms with Crippen molar-refractivity contribution >= 4 is 40.5 Å². The number of benzene rings is 1. The average molecular weight is 464 g/mol. The molecule has 2 aliphatic rings. The van der Waals surface area contributed by atoms with E-state index in [1.54, 1.807) is 11.3 Å². The Kier molecular flexibility index (Phi) is 6.54. The van der Waals surface area contributed by atoms with E-state index in [2.05, 4.69) is 28.8 Å². The number of thioether (sulfide) groups is 1. The van der Waals surface area contributed by atoms with Gasteiger partial charge in [-0.2, -0.15) is 5.26 Å². The van der Waals surface area contributed by atoms with Gasteiger partial charge in [-0.05, 0) is 56.2 Å². The summed E-state index contributed by atoms with van der Waals surface area (Å²) < 4.78 is 0. The zero-order valence-corrected chi connectivity index (χ0v) is 20.0. The lowest BCUT2D eigenvalue weighted by Gasteiger charge is -2.32. The van der Waals surface area contributed by atoms with E-state index in [9.17, 15) is 14.9 Å². The number of allylic oxidation sites excluding steroid dienone is 3. The molecule has 0 spiro atoms. The van der Waals surface area contributed by atoms with E-state index in [-0.39, 0.29) is 23.4 Å². The highest BCUT2D eigenvalue weighted by Gasteiger charge is 2.37. The van der Waals surface area contributed by atoms with Crippen LogP contribution in [0, 0.1) is 32.1 Å². The number of dihydropyridines is 1. The highest BCUT2D eigenvalue weighted by Crippen LogP contribution is 2.45. The van der Waals surface area contributed by atoms with Crippen LogP contribution < -0.4 is 10.6 Å². The second-order valence-electron chi connectivity index (χ2n) is 8.21. The Morgan fingerprint density at radius 2 is 2.03 bits per heavy atom. The summed E-state index contributed by atoms with van der Waals surface area (Å²) in [5.74, 6) is -0.189. The largest absolute Gasteiger partial charge is 0.352 e. The molecule has 1 atom stereocenters. The molecule has 0 saturated carbocycles. The van der Waals surface area contributed by atoms with Crippen LogP contribution in [0.15, 0.2) is 51.5 Å². The van der Waals surface area contributed by atoms with Crippen LogP contribution >= 0.6 is 23.1 Å². The second-order valence-corrected chi connectivity index (χ2v) is 10.2. The van der Waals surface area contributed by atoms with Crippen LogP contribution in [0.1, 0.15) is 46.7 Å². The van der Waals surface area contributed by atoms with Crippen molar-refractivity contribution in [2.24, 2.45) is 0 Å². The Hall–Kier alpha value is -2.82. The van der Waals surface area contributed by atoms with Gasteiger partial charge in [0.2, 0.25) is 5.91 Å². The predicted molar refractivity (Wildman–Crippen MR) is 130 cm³/mol. The molecule has 7 heteroatoms. The smallest absolute Gasteiger partial charge is 0.234 e. The predicted octanol–water partition coefficient (Wildman–Crippen LogP) is 5.47. The summed E-state index contributed by atoms with van der Waals surface area (Å²) in [7, 11) is 0. The van der Waals surface area contributed by atoms with Crippen molar-refractivity contribution in [1.82, 2.24) is 5.32 Å². The molecular formula is C25H25N3O2S2. The third kappa shape index (κ3) is 4.38. The lowest BCUT2D eigenvalue weighted by molar-refractivity contribution is -0.116.